The van der Waals surface area contributed by atoms with Crippen molar-refractivity contribution in [3.8, 4) is 0 Å². The zero-order chi connectivity index (χ0) is 35.1. The number of hydrogen-bond donors (Lipinski definition) is 0. The molecular weight excluding hydrogens is 753 g/mol. The fourth-order valence-corrected chi connectivity index (χ4v) is 13.9. The van der Waals surface area contributed by atoms with Crippen LogP contribution in [0.3, 0.4) is 0 Å². The van der Waals surface area contributed by atoms with Crippen LogP contribution in [-0.2, 0) is 6.15 Å². The van der Waals surface area contributed by atoms with E-state index in [0.717, 1.165) is 51.4 Å². The van der Waals surface area contributed by atoms with Crippen molar-refractivity contribution in [2.24, 2.45) is 0 Å². The summed E-state index contributed by atoms with van der Waals surface area (Å²) in [5, 5.41) is 0. The molecule has 0 amide bonds. The quantitative estimate of drug-likeness (QED) is 0.0493. The fourth-order valence-electron chi connectivity index (χ4n) is 4.71. The Morgan fingerprint density at radius 2 is 0.622 bits per heavy atom. The average Bonchev–Trinajstić information content (AvgIpc) is 2.86. The number of halogens is 14. The molecular formula is C28H46F14O2Sn. The van der Waals surface area contributed by atoms with E-state index in [1.54, 1.807) is 0 Å². The molecule has 0 N–H and O–H groups in total. The average molecular weight is 799 g/mol. The minimum atomic E-state index is -9.17. The van der Waals surface area contributed by atoms with Crippen molar-refractivity contribution < 1.29 is 67.6 Å². The third-order valence-corrected chi connectivity index (χ3v) is 17.5. The van der Waals surface area contributed by atoms with Gasteiger partial charge in [0.1, 0.15) is 0 Å². The van der Waals surface area contributed by atoms with Gasteiger partial charge in [0.25, 0.3) is 0 Å². The summed E-state index contributed by atoms with van der Waals surface area (Å²) < 4.78 is 193. The van der Waals surface area contributed by atoms with Gasteiger partial charge in [-0.1, -0.05) is 0 Å². The molecule has 0 aliphatic rings. The Labute approximate surface area is 261 Å². The molecule has 272 valence electrons. The molecule has 0 aromatic carbocycles. The van der Waals surface area contributed by atoms with E-state index in [2.05, 4.69) is 6.15 Å². The van der Waals surface area contributed by atoms with E-state index in [9.17, 15) is 43.9 Å². The van der Waals surface area contributed by atoms with Crippen LogP contribution in [0.1, 0.15) is 129 Å². The molecule has 0 aliphatic carbocycles. The minimum absolute atomic E-state index is 0.0567. The van der Waals surface area contributed by atoms with Crippen molar-refractivity contribution in [1.29, 1.82) is 0 Å². The number of alkyl halides is 14. The molecule has 0 aromatic rings. The maximum atomic E-state index is 15.5. The van der Waals surface area contributed by atoms with Gasteiger partial charge in [-0.3, -0.25) is 0 Å². The van der Waals surface area contributed by atoms with E-state index in [4.69, 9.17) is 0 Å². The maximum absolute atomic E-state index is 15.5. The SMILES string of the molecule is CCCCCCCCCC[O][Sn]([O]CCCCCCCCCC)([C](F)(F)C(F)(F)CC(F)(F)F)[C](F)(F)C(F)(F)CC(F)(F)F. The van der Waals surface area contributed by atoms with Gasteiger partial charge in [0.05, 0.1) is 0 Å². The molecule has 0 heterocycles. The van der Waals surface area contributed by atoms with E-state index >= 15 is 17.6 Å². The van der Waals surface area contributed by atoms with Gasteiger partial charge in [-0.15, -0.1) is 0 Å². The van der Waals surface area contributed by atoms with Crippen molar-refractivity contribution in [3.05, 3.63) is 0 Å². The van der Waals surface area contributed by atoms with Gasteiger partial charge in [0, 0.05) is 0 Å². The van der Waals surface area contributed by atoms with E-state index in [0.29, 0.717) is 25.7 Å². The Hall–Kier alpha value is -0.261. The first kappa shape index (κ1) is 44.7. The third-order valence-electron chi connectivity index (χ3n) is 7.20. The second kappa shape index (κ2) is 19.7. The van der Waals surface area contributed by atoms with E-state index in [1.807, 2.05) is 13.8 Å². The topological polar surface area (TPSA) is 18.5 Å². The van der Waals surface area contributed by atoms with Crippen molar-refractivity contribution >= 4 is 19.2 Å². The van der Waals surface area contributed by atoms with Crippen molar-refractivity contribution in [1.82, 2.24) is 0 Å². The number of hydrogen-bond acceptors (Lipinski definition) is 2. The van der Waals surface area contributed by atoms with Crippen LogP contribution in [-0.4, -0.2) is 64.5 Å². The molecule has 0 aromatic heterocycles. The molecule has 0 saturated heterocycles. The number of unbranched alkanes of at least 4 members (excludes halogenated alkanes) is 14. The second-order valence-corrected chi connectivity index (χ2v) is 20.2. The molecule has 0 fully saturated rings. The molecule has 0 aliphatic heterocycles. The predicted molar refractivity (Wildman–Crippen MR) is 144 cm³/mol. The Morgan fingerprint density at radius 3 is 0.867 bits per heavy atom. The molecule has 0 saturated carbocycles. The van der Waals surface area contributed by atoms with Crippen molar-refractivity contribution in [3.63, 3.8) is 0 Å². The van der Waals surface area contributed by atoms with Crippen LogP contribution < -0.4 is 0 Å². The van der Waals surface area contributed by atoms with Gasteiger partial charge in [0.2, 0.25) is 0 Å². The fraction of sp³-hybridized carbons (Fsp3) is 1.00. The summed E-state index contributed by atoms with van der Waals surface area (Å²) in [4.78, 5) is 0. The van der Waals surface area contributed by atoms with E-state index in [-0.39, 0.29) is 12.8 Å². The summed E-state index contributed by atoms with van der Waals surface area (Å²) in [5.41, 5.74) is 0. The summed E-state index contributed by atoms with van der Waals surface area (Å²) in [6.45, 7) is 1.26. The molecule has 0 atom stereocenters. The van der Waals surface area contributed by atoms with Gasteiger partial charge in [-0.25, -0.2) is 0 Å². The molecule has 2 nitrogen and oxygen atoms in total. The van der Waals surface area contributed by atoms with Crippen LogP contribution in [0.5, 0.6) is 0 Å². The molecule has 0 unspecified atom stereocenters. The Morgan fingerprint density at radius 1 is 0.378 bits per heavy atom. The Balaban J connectivity index is 6.42. The van der Waals surface area contributed by atoms with Gasteiger partial charge in [-0.05, 0) is 0 Å². The third kappa shape index (κ3) is 14.8. The van der Waals surface area contributed by atoms with E-state index in [1.165, 1.54) is 0 Å². The Kier molecular flexibility index (Phi) is 19.6. The van der Waals surface area contributed by atoms with Crippen molar-refractivity contribution in [2.45, 2.75) is 161 Å². The van der Waals surface area contributed by atoms with Gasteiger partial charge < -0.3 is 0 Å². The Bertz CT molecular complexity index is 724. The van der Waals surface area contributed by atoms with Crippen LogP contribution in [0.15, 0.2) is 0 Å². The summed E-state index contributed by atoms with van der Waals surface area (Å²) in [5.74, 6) is -12.9. The normalized spacial score (nSPS) is 14.4. The molecule has 0 spiro atoms. The summed E-state index contributed by atoms with van der Waals surface area (Å²) in [6.07, 6.45) is -11.6. The monoisotopic (exact) mass is 800 g/mol. The molecule has 45 heavy (non-hydrogen) atoms. The van der Waals surface area contributed by atoms with Crippen LogP contribution in [0, 0.1) is 0 Å². The summed E-state index contributed by atoms with van der Waals surface area (Å²) in [6, 6.07) is 0. The van der Waals surface area contributed by atoms with E-state index < -0.39 is 90.2 Å². The van der Waals surface area contributed by atoms with Gasteiger partial charge in [0.15, 0.2) is 0 Å². The predicted octanol–water partition coefficient (Wildman–Crippen LogP) is 12.3. The second-order valence-electron chi connectivity index (χ2n) is 11.4. The first-order valence-electron chi connectivity index (χ1n) is 15.5. The summed E-state index contributed by atoms with van der Waals surface area (Å²) >= 11 is -9.17. The zero-order valence-electron chi connectivity index (χ0n) is 25.8. The molecule has 0 radical (unpaired) electrons. The van der Waals surface area contributed by atoms with Crippen LogP contribution in [0.2, 0.25) is 0 Å². The van der Waals surface area contributed by atoms with Crippen LogP contribution in [0.25, 0.3) is 0 Å². The molecule has 0 rings (SSSR count). The van der Waals surface area contributed by atoms with Gasteiger partial charge >= 0.3 is 262 Å². The molecule has 17 heteroatoms. The standard InChI is InChI=1S/2C10H21O.2C4H2F7.Sn/c2*1-2-3-4-5-6-7-8-9-10-11;2*5-2(6)3(7,8)1-4(9,10)11;/h2*2-10H2,1H3;2*1H2;/q2*-1;;;+2. The molecule has 0 bridgehead atoms. The number of rotatable bonds is 26. The van der Waals surface area contributed by atoms with Crippen LogP contribution in [0.4, 0.5) is 61.5 Å². The first-order valence-corrected chi connectivity index (χ1v) is 20.6. The zero-order valence-corrected chi connectivity index (χ0v) is 28.6. The first-order chi connectivity index (χ1) is 20.5. The van der Waals surface area contributed by atoms with Gasteiger partial charge in [-0.2, -0.15) is 0 Å². The summed E-state index contributed by atoms with van der Waals surface area (Å²) in [7, 11) is 0. The van der Waals surface area contributed by atoms with Crippen molar-refractivity contribution in [2.75, 3.05) is 13.2 Å². The van der Waals surface area contributed by atoms with Crippen LogP contribution >= 0.6 is 0 Å².